The Hall–Kier alpha value is -1.51. The Balaban J connectivity index is 2.95. The average molecular weight is 251 g/mol. The molecule has 0 saturated carbocycles. The minimum Gasteiger partial charge on any atom is -0.284 e. The van der Waals surface area contributed by atoms with Gasteiger partial charge in [-0.3, -0.25) is 9.81 Å². The van der Waals surface area contributed by atoms with Gasteiger partial charge in [0, 0.05) is 6.20 Å². The summed E-state index contributed by atoms with van der Waals surface area (Å²) in [5, 5.41) is 18.0. The van der Waals surface area contributed by atoms with E-state index in [1.807, 2.05) is 12.3 Å². The fourth-order valence-electron chi connectivity index (χ4n) is 1.37. The maximum atomic E-state index is 8.99. The monoisotopic (exact) mass is 250 g/mol. The van der Waals surface area contributed by atoms with E-state index < -0.39 is 0 Å². The van der Waals surface area contributed by atoms with Crippen LogP contribution in [0, 0.1) is 16.7 Å². The van der Waals surface area contributed by atoms with E-state index in [-0.39, 0.29) is 11.1 Å². The Labute approximate surface area is 101 Å². The molecular formula is C10H7ClN4S. The van der Waals surface area contributed by atoms with Gasteiger partial charge in [0.15, 0.2) is 5.49 Å². The highest BCUT2D eigenvalue weighted by Crippen LogP contribution is 2.16. The van der Waals surface area contributed by atoms with Gasteiger partial charge in [-0.05, 0) is 18.4 Å². The molecule has 0 fully saturated rings. The van der Waals surface area contributed by atoms with Crippen LogP contribution in [0.3, 0.4) is 0 Å². The number of fused-ring (bicyclic) bond motifs is 1. The molecule has 0 aliphatic carbocycles. The number of halogens is 1. The maximum absolute atomic E-state index is 8.99. The van der Waals surface area contributed by atoms with Crippen LogP contribution in [0.15, 0.2) is 23.4 Å². The molecule has 0 atom stereocenters. The molecule has 2 rings (SSSR count). The molecular weight excluding hydrogens is 244 g/mol. The van der Waals surface area contributed by atoms with Crippen molar-refractivity contribution in [1.29, 1.82) is 10.7 Å². The lowest BCUT2D eigenvalue weighted by Gasteiger charge is -2.05. The molecule has 0 aliphatic rings. The van der Waals surface area contributed by atoms with Gasteiger partial charge < -0.3 is 0 Å². The van der Waals surface area contributed by atoms with Crippen molar-refractivity contribution >= 4 is 29.0 Å². The molecule has 1 N–H and O–H groups in total. The fraction of sp³-hybridized carbons (Fsp3) is 0.100. The second kappa shape index (κ2) is 4.16. The summed E-state index contributed by atoms with van der Waals surface area (Å²) in [6, 6.07) is 5.42. The third kappa shape index (κ3) is 1.66. The molecule has 0 unspecified atom stereocenters. The molecule has 0 amide bonds. The predicted octanol–water partition coefficient (Wildman–Crippen LogP) is 2.06. The van der Waals surface area contributed by atoms with Gasteiger partial charge >= 0.3 is 0 Å². The van der Waals surface area contributed by atoms with E-state index in [1.54, 1.807) is 18.3 Å². The number of hydrogen-bond acceptors (Lipinski definition) is 4. The second-order valence-electron chi connectivity index (χ2n) is 3.03. The zero-order valence-electron chi connectivity index (χ0n) is 8.36. The summed E-state index contributed by atoms with van der Waals surface area (Å²) in [7, 11) is 0. The zero-order chi connectivity index (χ0) is 11.7. The van der Waals surface area contributed by atoms with Crippen molar-refractivity contribution in [2.75, 3.05) is 6.26 Å². The molecule has 0 aliphatic heterocycles. The summed E-state index contributed by atoms with van der Waals surface area (Å²) < 4.78 is 1.50. The quantitative estimate of drug-likeness (QED) is 0.622. The van der Waals surface area contributed by atoms with Gasteiger partial charge in [0.1, 0.15) is 22.3 Å². The SMILES string of the molecule is CSc1nc2ccc(Cl)cn2c(=N)c1C#N. The molecule has 4 nitrogen and oxygen atoms in total. The fourth-order valence-corrected chi connectivity index (χ4v) is 2.06. The number of hydrogen-bond donors (Lipinski definition) is 1. The zero-order valence-corrected chi connectivity index (χ0v) is 9.93. The van der Waals surface area contributed by atoms with Gasteiger partial charge in [0.25, 0.3) is 0 Å². The van der Waals surface area contributed by atoms with E-state index in [0.717, 1.165) is 0 Å². The molecule has 2 heterocycles. The van der Waals surface area contributed by atoms with Crippen molar-refractivity contribution in [3.8, 4) is 6.07 Å². The lowest BCUT2D eigenvalue weighted by atomic mass is 10.3. The van der Waals surface area contributed by atoms with Crippen LogP contribution < -0.4 is 5.49 Å². The summed E-state index contributed by atoms with van der Waals surface area (Å²) in [6.45, 7) is 0. The average Bonchev–Trinajstić information content (AvgIpc) is 2.29. The summed E-state index contributed by atoms with van der Waals surface area (Å²) in [4.78, 5) is 4.29. The molecule has 2 aromatic heterocycles. The van der Waals surface area contributed by atoms with Crippen molar-refractivity contribution < 1.29 is 0 Å². The normalized spacial score (nSPS) is 10.3. The summed E-state index contributed by atoms with van der Waals surface area (Å²) in [6.07, 6.45) is 3.41. The van der Waals surface area contributed by atoms with E-state index in [4.69, 9.17) is 22.3 Å². The number of nitriles is 1. The standard InChI is InChI=1S/C10H7ClN4S/c1-16-10-7(4-12)9(13)15-5-6(11)2-3-8(15)14-10/h2-3,5,13H,1H3. The van der Waals surface area contributed by atoms with Gasteiger partial charge in [-0.25, -0.2) is 4.98 Å². The Kier molecular flexibility index (Phi) is 2.86. The predicted molar refractivity (Wildman–Crippen MR) is 62.6 cm³/mol. The smallest absolute Gasteiger partial charge is 0.151 e. The van der Waals surface area contributed by atoms with E-state index >= 15 is 0 Å². The largest absolute Gasteiger partial charge is 0.284 e. The van der Waals surface area contributed by atoms with Crippen molar-refractivity contribution in [2.45, 2.75) is 5.03 Å². The van der Waals surface area contributed by atoms with E-state index in [2.05, 4.69) is 4.98 Å². The molecule has 0 spiro atoms. The van der Waals surface area contributed by atoms with Crippen molar-refractivity contribution in [2.24, 2.45) is 0 Å². The highest BCUT2D eigenvalue weighted by atomic mass is 35.5. The highest BCUT2D eigenvalue weighted by Gasteiger charge is 2.08. The van der Waals surface area contributed by atoms with Gasteiger partial charge in [0.2, 0.25) is 0 Å². The van der Waals surface area contributed by atoms with Crippen LogP contribution in [0.4, 0.5) is 0 Å². The molecule has 6 heteroatoms. The lowest BCUT2D eigenvalue weighted by Crippen LogP contribution is -2.19. The first-order valence-corrected chi connectivity index (χ1v) is 5.98. The van der Waals surface area contributed by atoms with Crippen LogP contribution >= 0.6 is 23.4 Å². The van der Waals surface area contributed by atoms with Crippen LogP contribution in [0.5, 0.6) is 0 Å². The molecule has 80 valence electrons. The summed E-state index contributed by atoms with van der Waals surface area (Å²) in [5.41, 5.74) is 0.990. The minimum absolute atomic E-state index is 0.111. The molecule has 16 heavy (non-hydrogen) atoms. The second-order valence-corrected chi connectivity index (χ2v) is 4.26. The maximum Gasteiger partial charge on any atom is 0.151 e. The van der Waals surface area contributed by atoms with Gasteiger partial charge in [-0.15, -0.1) is 11.8 Å². The van der Waals surface area contributed by atoms with Crippen molar-refractivity contribution in [3.63, 3.8) is 0 Å². The number of aromatic nitrogens is 2. The molecule has 0 bridgehead atoms. The van der Waals surface area contributed by atoms with E-state index in [0.29, 0.717) is 15.7 Å². The highest BCUT2D eigenvalue weighted by molar-refractivity contribution is 7.98. The van der Waals surface area contributed by atoms with Crippen LogP contribution in [-0.2, 0) is 0 Å². The third-order valence-electron chi connectivity index (χ3n) is 2.10. The number of nitrogens with one attached hydrogen (secondary N) is 1. The Morgan fingerprint density at radius 1 is 1.56 bits per heavy atom. The third-order valence-corrected chi connectivity index (χ3v) is 3.01. The van der Waals surface area contributed by atoms with Gasteiger partial charge in [-0.2, -0.15) is 5.26 Å². The van der Waals surface area contributed by atoms with Crippen molar-refractivity contribution in [1.82, 2.24) is 9.38 Å². The minimum atomic E-state index is 0.111. The molecule has 0 aromatic carbocycles. The Morgan fingerprint density at radius 3 is 2.94 bits per heavy atom. The Bertz CT molecular complexity index is 656. The molecule has 0 saturated heterocycles. The van der Waals surface area contributed by atoms with Crippen LogP contribution in [0.25, 0.3) is 5.65 Å². The first-order valence-electron chi connectivity index (χ1n) is 4.38. The first kappa shape index (κ1) is 11.0. The van der Waals surface area contributed by atoms with Crippen LogP contribution in [-0.4, -0.2) is 15.6 Å². The number of thioether (sulfide) groups is 1. The van der Waals surface area contributed by atoms with Gasteiger partial charge in [-0.1, -0.05) is 11.6 Å². The van der Waals surface area contributed by atoms with Crippen LogP contribution in [0.1, 0.15) is 5.56 Å². The lowest BCUT2D eigenvalue weighted by molar-refractivity contribution is 0.915. The molecule has 2 aromatic rings. The van der Waals surface area contributed by atoms with E-state index in [1.165, 1.54) is 16.2 Å². The number of nitrogens with zero attached hydrogens (tertiary/aromatic N) is 3. The first-order chi connectivity index (χ1) is 7.67. The molecule has 0 radical (unpaired) electrons. The summed E-state index contributed by atoms with van der Waals surface area (Å²) >= 11 is 7.19. The Morgan fingerprint density at radius 2 is 2.31 bits per heavy atom. The summed E-state index contributed by atoms with van der Waals surface area (Å²) in [5.74, 6) is 0. The van der Waals surface area contributed by atoms with Crippen molar-refractivity contribution in [3.05, 3.63) is 34.4 Å². The topological polar surface area (TPSA) is 64.9 Å². The van der Waals surface area contributed by atoms with E-state index in [9.17, 15) is 0 Å². The number of pyridine rings is 1. The number of rotatable bonds is 1. The van der Waals surface area contributed by atoms with Crippen LogP contribution in [0.2, 0.25) is 5.02 Å². The van der Waals surface area contributed by atoms with Gasteiger partial charge in [0.05, 0.1) is 5.02 Å².